The molecule has 6 heteroatoms. The van der Waals surface area contributed by atoms with Crippen LogP contribution in [-0.2, 0) is 0 Å². The molecule has 0 aromatic carbocycles. The molecule has 2 aromatic heterocycles. The van der Waals surface area contributed by atoms with Gasteiger partial charge in [0.1, 0.15) is 11.8 Å². The average Bonchev–Trinajstić information content (AvgIpc) is 2.57. The molecule has 0 unspecified atom stereocenters. The van der Waals surface area contributed by atoms with Gasteiger partial charge in [-0.2, -0.15) is 4.98 Å². The molecule has 0 fully saturated rings. The molecule has 0 spiro atoms. The van der Waals surface area contributed by atoms with Crippen LogP contribution in [-0.4, -0.2) is 26.2 Å². The molecule has 0 aliphatic carbocycles. The molecule has 0 saturated carbocycles. The van der Waals surface area contributed by atoms with Crippen LogP contribution >= 0.6 is 0 Å². The number of rotatable bonds is 3. The predicted molar refractivity (Wildman–Crippen MR) is 54.3 cm³/mol. The summed E-state index contributed by atoms with van der Waals surface area (Å²) in [4.78, 5) is 12.1. The Morgan fingerprint density at radius 3 is 3.14 bits per heavy atom. The number of imidazole rings is 1. The minimum Gasteiger partial charge on any atom is -0.368 e. The highest BCUT2D eigenvalue weighted by Gasteiger charge is 2.03. The lowest BCUT2D eigenvalue weighted by Crippen LogP contribution is -2.14. The lowest BCUT2D eigenvalue weighted by Gasteiger charge is -2.05. The summed E-state index contributed by atoms with van der Waals surface area (Å²) in [6.45, 7) is 2.96. The molecule has 0 atom stereocenters. The van der Waals surface area contributed by atoms with E-state index in [4.69, 9.17) is 5.73 Å². The Hall–Kier alpha value is -1.85. The van der Waals surface area contributed by atoms with Crippen molar-refractivity contribution in [3.8, 4) is 0 Å². The van der Waals surface area contributed by atoms with Crippen molar-refractivity contribution >= 4 is 17.1 Å². The van der Waals surface area contributed by atoms with Crippen molar-refractivity contribution in [2.45, 2.75) is 13.3 Å². The number of hydrogen-bond acceptors (Lipinski definition) is 5. The van der Waals surface area contributed by atoms with E-state index in [0.29, 0.717) is 5.65 Å². The summed E-state index contributed by atoms with van der Waals surface area (Å²) in [5.74, 6) is 0.262. The Morgan fingerprint density at radius 2 is 2.36 bits per heavy atom. The van der Waals surface area contributed by atoms with Crippen LogP contribution in [0, 0.1) is 0 Å². The number of nitrogens with zero attached hydrogens (tertiary/aromatic N) is 4. The van der Waals surface area contributed by atoms with Crippen molar-refractivity contribution in [3.63, 3.8) is 0 Å². The molecular formula is C8H12N6. The van der Waals surface area contributed by atoms with Gasteiger partial charge in [-0.25, -0.2) is 14.6 Å². The normalized spacial score (nSPS) is 10.6. The molecule has 2 heterocycles. The first kappa shape index (κ1) is 8.74. The minimum atomic E-state index is 0.262. The van der Waals surface area contributed by atoms with E-state index >= 15 is 0 Å². The largest absolute Gasteiger partial charge is 0.368 e. The van der Waals surface area contributed by atoms with E-state index in [1.54, 1.807) is 17.2 Å². The molecule has 0 amide bonds. The molecule has 0 radical (unpaired) electrons. The fourth-order valence-electron chi connectivity index (χ4n) is 1.17. The third-order valence-corrected chi connectivity index (χ3v) is 1.84. The number of nitrogens with one attached hydrogen (secondary N) is 1. The maximum atomic E-state index is 5.49. The van der Waals surface area contributed by atoms with Gasteiger partial charge in [0.25, 0.3) is 0 Å². The molecule has 14 heavy (non-hydrogen) atoms. The first-order valence-electron chi connectivity index (χ1n) is 4.50. The molecule has 74 valence electrons. The monoisotopic (exact) mass is 192 g/mol. The van der Waals surface area contributed by atoms with Crippen LogP contribution in [0.1, 0.15) is 13.3 Å². The Balaban J connectivity index is 2.40. The second-order valence-corrected chi connectivity index (χ2v) is 2.96. The first-order valence-corrected chi connectivity index (χ1v) is 4.50. The summed E-state index contributed by atoms with van der Waals surface area (Å²) in [6.07, 6.45) is 4.33. The fraction of sp³-hybridized carbons (Fsp3) is 0.375. The van der Waals surface area contributed by atoms with Crippen molar-refractivity contribution in [2.75, 3.05) is 17.7 Å². The van der Waals surface area contributed by atoms with E-state index in [-0.39, 0.29) is 5.95 Å². The number of nitrogens with two attached hydrogens (primary N) is 1. The Morgan fingerprint density at radius 1 is 1.50 bits per heavy atom. The van der Waals surface area contributed by atoms with Gasteiger partial charge in [-0.1, -0.05) is 6.92 Å². The van der Waals surface area contributed by atoms with Crippen LogP contribution < -0.4 is 11.2 Å². The van der Waals surface area contributed by atoms with Crippen molar-refractivity contribution in [3.05, 3.63) is 12.5 Å². The van der Waals surface area contributed by atoms with Gasteiger partial charge in [-0.3, -0.25) is 0 Å². The highest BCUT2D eigenvalue weighted by molar-refractivity contribution is 5.70. The molecule has 2 aromatic rings. The SMILES string of the molecule is CCCNn1cnc2cnc(N)nc21. The predicted octanol–water partition coefficient (Wildman–Crippen LogP) is 0.362. The fourth-order valence-corrected chi connectivity index (χ4v) is 1.17. The average molecular weight is 192 g/mol. The van der Waals surface area contributed by atoms with Crippen LogP contribution in [0.15, 0.2) is 12.5 Å². The minimum absolute atomic E-state index is 0.262. The van der Waals surface area contributed by atoms with E-state index in [1.165, 1.54) is 0 Å². The second kappa shape index (κ2) is 3.49. The van der Waals surface area contributed by atoms with Gasteiger partial charge in [0.15, 0.2) is 5.65 Å². The van der Waals surface area contributed by atoms with Crippen LogP contribution in [0.25, 0.3) is 11.2 Å². The van der Waals surface area contributed by atoms with E-state index in [9.17, 15) is 0 Å². The number of hydrogen-bond donors (Lipinski definition) is 2. The van der Waals surface area contributed by atoms with Crippen molar-refractivity contribution in [2.24, 2.45) is 0 Å². The number of fused-ring (bicyclic) bond motifs is 1. The highest BCUT2D eigenvalue weighted by Crippen LogP contribution is 2.07. The maximum absolute atomic E-state index is 5.49. The Kier molecular flexibility index (Phi) is 2.18. The summed E-state index contributed by atoms with van der Waals surface area (Å²) in [5, 5.41) is 0. The van der Waals surface area contributed by atoms with Gasteiger partial charge < -0.3 is 11.2 Å². The van der Waals surface area contributed by atoms with Crippen molar-refractivity contribution < 1.29 is 0 Å². The van der Waals surface area contributed by atoms with Gasteiger partial charge in [0.05, 0.1) is 6.20 Å². The maximum Gasteiger partial charge on any atom is 0.222 e. The topological polar surface area (TPSA) is 81.7 Å². The lowest BCUT2D eigenvalue weighted by atomic mass is 10.5. The van der Waals surface area contributed by atoms with Crippen molar-refractivity contribution in [1.29, 1.82) is 0 Å². The van der Waals surface area contributed by atoms with Gasteiger partial charge in [0, 0.05) is 6.54 Å². The van der Waals surface area contributed by atoms with Gasteiger partial charge in [-0.05, 0) is 6.42 Å². The molecule has 0 saturated heterocycles. The number of aromatic nitrogens is 4. The lowest BCUT2D eigenvalue weighted by molar-refractivity contribution is 0.818. The summed E-state index contributed by atoms with van der Waals surface area (Å²) >= 11 is 0. The third kappa shape index (κ3) is 1.46. The summed E-state index contributed by atoms with van der Waals surface area (Å²) in [7, 11) is 0. The zero-order valence-electron chi connectivity index (χ0n) is 7.94. The van der Waals surface area contributed by atoms with Crippen LogP contribution in [0.4, 0.5) is 5.95 Å². The van der Waals surface area contributed by atoms with E-state index in [0.717, 1.165) is 18.5 Å². The standard InChI is InChI=1S/C8H12N6/c1-2-3-12-14-5-11-6-4-10-8(9)13-7(6)14/h4-5,12H,2-3H2,1H3,(H2,9,10,13). The third-order valence-electron chi connectivity index (χ3n) is 1.84. The highest BCUT2D eigenvalue weighted by atomic mass is 15.4. The quantitative estimate of drug-likeness (QED) is 0.733. The van der Waals surface area contributed by atoms with Crippen LogP contribution in [0.3, 0.4) is 0 Å². The molecule has 0 bridgehead atoms. The summed E-state index contributed by atoms with van der Waals surface area (Å²) < 4.78 is 1.76. The van der Waals surface area contributed by atoms with Crippen LogP contribution in [0.5, 0.6) is 0 Å². The van der Waals surface area contributed by atoms with Crippen molar-refractivity contribution in [1.82, 2.24) is 19.6 Å². The van der Waals surface area contributed by atoms with E-state index in [2.05, 4.69) is 27.3 Å². The van der Waals surface area contributed by atoms with Crippen LogP contribution in [0.2, 0.25) is 0 Å². The molecular weight excluding hydrogens is 180 g/mol. The summed E-state index contributed by atoms with van der Waals surface area (Å²) in [5.41, 5.74) is 10.1. The number of anilines is 1. The Bertz CT molecular complexity index is 434. The van der Waals surface area contributed by atoms with Gasteiger partial charge >= 0.3 is 0 Å². The first-order chi connectivity index (χ1) is 6.81. The molecule has 2 rings (SSSR count). The zero-order chi connectivity index (χ0) is 9.97. The van der Waals surface area contributed by atoms with E-state index in [1.807, 2.05) is 0 Å². The molecule has 3 N–H and O–H groups in total. The van der Waals surface area contributed by atoms with Gasteiger partial charge in [0.2, 0.25) is 5.95 Å². The molecule has 0 aliphatic heterocycles. The second-order valence-electron chi connectivity index (χ2n) is 2.96. The molecule has 6 nitrogen and oxygen atoms in total. The Labute approximate surface area is 81.1 Å². The zero-order valence-corrected chi connectivity index (χ0v) is 7.94. The summed E-state index contributed by atoms with van der Waals surface area (Å²) in [6, 6.07) is 0. The number of nitrogen functional groups attached to an aromatic ring is 1. The molecule has 0 aliphatic rings. The smallest absolute Gasteiger partial charge is 0.222 e. The van der Waals surface area contributed by atoms with Gasteiger partial charge in [-0.15, -0.1) is 0 Å². The van der Waals surface area contributed by atoms with E-state index < -0.39 is 0 Å².